The van der Waals surface area contributed by atoms with E-state index in [0.29, 0.717) is 32.0 Å². The van der Waals surface area contributed by atoms with Gasteiger partial charge in [0.05, 0.1) is 13.2 Å². The van der Waals surface area contributed by atoms with Crippen molar-refractivity contribution in [2.24, 2.45) is 10.7 Å². The largest absolute Gasteiger partial charge is 0.402 e. The van der Waals surface area contributed by atoms with Crippen LogP contribution in [0.2, 0.25) is 0 Å². The molecule has 0 bridgehead atoms. The third-order valence-corrected chi connectivity index (χ3v) is 2.56. The summed E-state index contributed by atoms with van der Waals surface area (Å²) in [5, 5.41) is 0. The molecule has 1 aliphatic rings. The fraction of sp³-hybridized carbons (Fsp3) is 0.667. The zero-order chi connectivity index (χ0) is 12.9. The molecule has 1 saturated heterocycles. The molecule has 1 aliphatic heterocycles. The van der Waals surface area contributed by atoms with Crippen molar-refractivity contribution in [2.75, 3.05) is 26.3 Å². The molecule has 0 aromatic heterocycles. The zero-order valence-corrected chi connectivity index (χ0v) is 10.8. The molecule has 0 spiro atoms. The number of nitrogens with two attached hydrogens (primary N) is 1. The summed E-state index contributed by atoms with van der Waals surface area (Å²) in [6, 6.07) is 0. The number of nitrogens with zero attached hydrogens (tertiary/aromatic N) is 2. The molecule has 1 rings (SSSR count). The lowest BCUT2D eigenvalue weighted by atomic mass is 10.0. The van der Waals surface area contributed by atoms with Crippen LogP contribution in [-0.4, -0.2) is 48.9 Å². The second kappa shape index (κ2) is 5.82. The van der Waals surface area contributed by atoms with Gasteiger partial charge in [-0.05, 0) is 26.8 Å². The molecule has 0 aromatic carbocycles. The van der Waals surface area contributed by atoms with Crippen molar-refractivity contribution >= 4 is 12.1 Å². The Bertz CT molecular complexity index is 325. The van der Waals surface area contributed by atoms with Crippen molar-refractivity contribution in [1.82, 2.24) is 4.90 Å². The van der Waals surface area contributed by atoms with Crippen molar-refractivity contribution < 1.29 is 9.53 Å². The van der Waals surface area contributed by atoms with E-state index in [0.717, 1.165) is 0 Å². The van der Waals surface area contributed by atoms with Gasteiger partial charge in [0.15, 0.2) is 0 Å². The molecule has 1 amide bonds. The number of hydrogen-bond acceptors (Lipinski definition) is 4. The first-order valence-corrected chi connectivity index (χ1v) is 5.78. The summed E-state index contributed by atoms with van der Waals surface area (Å²) in [6.07, 6.45) is 3.28. The summed E-state index contributed by atoms with van der Waals surface area (Å²) in [6.45, 7) is 7.89. The SMILES string of the molecule is CC(N)=CC=NC(C)(C)C(=O)N1CCOCC1. The molecule has 0 radical (unpaired) electrons. The minimum atomic E-state index is -0.747. The zero-order valence-electron chi connectivity index (χ0n) is 10.8. The topological polar surface area (TPSA) is 67.9 Å². The van der Waals surface area contributed by atoms with E-state index >= 15 is 0 Å². The number of carbonyl (C=O) groups is 1. The van der Waals surface area contributed by atoms with Crippen LogP contribution in [0.3, 0.4) is 0 Å². The molecule has 96 valence electrons. The van der Waals surface area contributed by atoms with Crippen molar-refractivity contribution in [1.29, 1.82) is 0 Å². The maximum Gasteiger partial charge on any atom is 0.250 e. The smallest absolute Gasteiger partial charge is 0.250 e. The Morgan fingerprint density at radius 3 is 2.53 bits per heavy atom. The monoisotopic (exact) mass is 239 g/mol. The van der Waals surface area contributed by atoms with Crippen molar-refractivity contribution in [2.45, 2.75) is 26.3 Å². The van der Waals surface area contributed by atoms with Gasteiger partial charge in [-0.3, -0.25) is 9.79 Å². The first kappa shape index (κ1) is 13.7. The second-order valence-electron chi connectivity index (χ2n) is 4.65. The first-order chi connectivity index (χ1) is 7.93. The molecule has 1 fully saturated rings. The molecule has 5 nitrogen and oxygen atoms in total. The van der Waals surface area contributed by atoms with E-state index in [2.05, 4.69) is 4.99 Å². The molecule has 0 atom stereocenters. The van der Waals surface area contributed by atoms with Crippen LogP contribution in [0.15, 0.2) is 16.8 Å². The second-order valence-corrected chi connectivity index (χ2v) is 4.65. The van der Waals surface area contributed by atoms with Gasteiger partial charge in [-0.15, -0.1) is 0 Å². The lowest BCUT2D eigenvalue weighted by Gasteiger charge is -2.32. The van der Waals surface area contributed by atoms with Gasteiger partial charge in [0.2, 0.25) is 5.91 Å². The quantitative estimate of drug-likeness (QED) is 0.732. The number of hydrogen-bond donors (Lipinski definition) is 1. The van der Waals surface area contributed by atoms with E-state index in [1.165, 1.54) is 0 Å². The Kier molecular flexibility index (Phi) is 4.69. The predicted molar refractivity (Wildman–Crippen MR) is 67.9 cm³/mol. The number of aliphatic imine (C=N–C) groups is 1. The van der Waals surface area contributed by atoms with E-state index in [-0.39, 0.29) is 5.91 Å². The number of morpholine rings is 1. The minimum absolute atomic E-state index is 0.0279. The maximum absolute atomic E-state index is 12.2. The van der Waals surface area contributed by atoms with Crippen LogP contribution < -0.4 is 5.73 Å². The van der Waals surface area contributed by atoms with E-state index in [4.69, 9.17) is 10.5 Å². The Morgan fingerprint density at radius 1 is 1.41 bits per heavy atom. The van der Waals surface area contributed by atoms with Gasteiger partial charge in [0, 0.05) is 25.0 Å². The Labute approximate surface area is 102 Å². The first-order valence-electron chi connectivity index (χ1n) is 5.78. The maximum atomic E-state index is 12.2. The van der Waals surface area contributed by atoms with Gasteiger partial charge in [-0.2, -0.15) is 0 Å². The van der Waals surface area contributed by atoms with Gasteiger partial charge in [0.1, 0.15) is 5.54 Å². The molecule has 0 saturated carbocycles. The average Bonchev–Trinajstić information content (AvgIpc) is 2.28. The molecule has 0 aliphatic carbocycles. The summed E-state index contributed by atoms with van der Waals surface area (Å²) in [4.78, 5) is 18.2. The molecular formula is C12H21N3O2. The lowest BCUT2D eigenvalue weighted by Crippen LogP contribution is -2.49. The third kappa shape index (κ3) is 4.19. The van der Waals surface area contributed by atoms with Crippen LogP contribution in [0.25, 0.3) is 0 Å². The van der Waals surface area contributed by atoms with E-state index in [1.54, 1.807) is 38.0 Å². The number of ether oxygens (including phenoxy) is 1. The van der Waals surface area contributed by atoms with Crippen LogP contribution in [0.4, 0.5) is 0 Å². The molecule has 0 aromatic rings. The van der Waals surface area contributed by atoms with Crippen LogP contribution in [0.5, 0.6) is 0 Å². The molecular weight excluding hydrogens is 218 g/mol. The van der Waals surface area contributed by atoms with Crippen LogP contribution in [0, 0.1) is 0 Å². The number of carbonyl (C=O) groups excluding carboxylic acids is 1. The Balaban J connectivity index is 2.64. The van der Waals surface area contributed by atoms with Crippen molar-refractivity contribution in [3.8, 4) is 0 Å². The lowest BCUT2D eigenvalue weighted by molar-refractivity contribution is -0.139. The van der Waals surface area contributed by atoms with Gasteiger partial charge in [-0.1, -0.05) is 0 Å². The summed E-state index contributed by atoms with van der Waals surface area (Å²) >= 11 is 0. The van der Waals surface area contributed by atoms with Gasteiger partial charge >= 0.3 is 0 Å². The fourth-order valence-electron chi connectivity index (χ4n) is 1.55. The highest BCUT2D eigenvalue weighted by molar-refractivity contribution is 5.88. The summed E-state index contributed by atoms with van der Waals surface area (Å²) in [5.41, 5.74) is 5.42. The number of allylic oxidation sites excluding steroid dienone is 2. The highest BCUT2D eigenvalue weighted by Crippen LogP contribution is 2.14. The average molecular weight is 239 g/mol. The standard InChI is InChI=1S/C12H21N3O2/c1-10(13)4-5-14-12(2,3)11(16)15-6-8-17-9-7-15/h4-5H,6-9,13H2,1-3H3. The summed E-state index contributed by atoms with van der Waals surface area (Å²) < 4.78 is 5.22. The van der Waals surface area contributed by atoms with Gasteiger partial charge in [-0.25, -0.2) is 0 Å². The van der Waals surface area contributed by atoms with Gasteiger partial charge < -0.3 is 15.4 Å². The molecule has 1 heterocycles. The Hall–Kier alpha value is -1.36. The number of amides is 1. The van der Waals surface area contributed by atoms with Crippen LogP contribution in [-0.2, 0) is 9.53 Å². The molecule has 17 heavy (non-hydrogen) atoms. The molecule has 0 unspecified atom stereocenters. The molecule has 5 heteroatoms. The fourth-order valence-corrected chi connectivity index (χ4v) is 1.55. The van der Waals surface area contributed by atoms with Crippen LogP contribution >= 0.6 is 0 Å². The summed E-state index contributed by atoms with van der Waals surface area (Å²) in [7, 11) is 0. The predicted octanol–water partition coefficient (Wildman–Crippen LogP) is 0.557. The van der Waals surface area contributed by atoms with Gasteiger partial charge in [0.25, 0.3) is 0 Å². The van der Waals surface area contributed by atoms with Crippen molar-refractivity contribution in [3.05, 3.63) is 11.8 Å². The third-order valence-electron chi connectivity index (χ3n) is 2.56. The normalized spacial score (nSPS) is 18.8. The van der Waals surface area contributed by atoms with E-state index in [9.17, 15) is 4.79 Å². The molecule has 2 N–H and O–H groups in total. The summed E-state index contributed by atoms with van der Waals surface area (Å²) in [5.74, 6) is 0.0279. The highest BCUT2D eigenvalue weighted by atomic mass is 16.5. The van der Waals surface area contributed by atoms with Crippen molar-refractivity contribution in [3.63, 3.8) is 0 Å². The highest BCUT2D eigenvalue weighted by Gasteiger charge is 2.31. The van der Waals surface area contributed by atoms with E-state index < -0.39 is 5.54 Å². The van der Waals surface area contributed by atoms with E-state index in [1.807, 2.05) is 0 Å². The number of rotatable bonds is 3. The minimum Gasteiger partial charge on any atom is -0.402 e. The van der Waals surface area contributed by atoms with Crippen LogP contribution in [0.1, 0.15) is 20.8 Å². The Morgan fingerprint density at radius 2 is 2.00 bits per heavy atom.